The second kappa shape index (κ2) is 6.51. The molecule has 0 radical (unpaired) electrons. The van der Waals surface area contributed by atoms with Crippen LogP contribution in [0.1, 0.15) is 50.5 Å². The van der Waals surface area contributed by atoms with E-state index in [1.54, 1.807) is 0 Å². The summed E-state index contributed by atoms with van der Waals surface area (Å²) < 4.78 is 28.7. The highest BCUT2D eigenvalue weighted by Gasteiger charge is 2.66. The third kappa shape index (κ3) is 2.80. The molecule has 1 amide bonds. The van der Waals surface area contributed by atoms with E-state index in [1.165, 1.54) is 5.56 Å². The number of halogens is 2. The standard InChI is InChI=1S/C23H30F2N2O/c24-15-21-8-16-9-22(12-21,17-4-2-1-3-5-17)14-23(10-16,13-21)20(28)27-19-6-7-26-11-18(19)25/h1-5,16,18-19,26H,6-15H2,(H,27,28)/t16?,18-,19-,21+,22-,23?/m1/s1. The van der Waals surface area contributed by atoms with Gasteiger partial charge in [-0.1, -0.05) is 30.3 Å². The van der Waals surface area contributed by atoms with Crippen molar-refractivity contribution in [3.05, 3.63) is 35.9 Å². The maximum atomic E-state index is 14.4. The molecule has 1 aliphatic heterocycles. The number of hydrogen-bond donors (Lipinski definition) is 2. The normalized spacial score (nSPS) is 44.4. The first kappa shape index (κ1) is 18.5. The van der Waals surface area contributed by atoms with Crippen molar-refractivity contribution in [1.82, 2.24) is 10.6 Å². The Labute approximate surface area is 165 Å². The lowest BCUT2D eigenvalue weighted by Gasteiger charge is -2.65. The number of rotatable bonds is 4. The molecule has 1 heterocycles. The Kier molecular flexibility index (Phi) is 4.31. The van der Waals surface area contributed by atoms with Crippen molar-refractivity contribution in [3.63, 3.8) is 0 Å². The zero-order chi connectivity index (χ0) is 19.4. The van der Waals surface area contributed by atoms with E-state index in [2.05, 4.69) is 22.8 Å². The third-order valence-electron chi connectivity index (χ3n) is 8.06. The number of benzene rings is 1. The SMILES string of the molecule is O=C(N[C@@H]1CCNC[C@H]1F)C12CC3C[C@@](CF)(C1)C[C@](c1ccccc1)(C3)C2. The van der Waals surface area contributed by atoms with Gasteiger partial charge in [-0.15, -0.1) is 0 Å². The predicted molar refractivity (Wildman–Crippen MR) is 104 cm³/mol. The van der Waals surface area contributed by atoms with Gasteiger partial charge in [0.1, 0.15) is 6.17 Å². The van der Waals surface area contributed by atoms with Gasteiger partial charge in [-0.3, -0.25) is 9.18 Å². The minimum absolute atomic E-state index is 0.0238. The summed E-state index contributed by atoms with van der Waals surface area (Å²) in [4.78, 5) is 13.5. The Morgan fingerprint density at radius 1 is 1.14 bits per heavy atom. The number of carbonyl (C=O) groups excluding carboxylic acids is 1. The summed E-state index contributed by atoms with van der Waals surface area (Å²) in [5, 5.41) is 6.10. The van der Waals surface area contributed by atoms with Gasteiger partial charge in [-0.25, -0.2) is 4.39 Å². The van der Waals surface area contributed by atoms with E-state index in [-0.39, 0.29) is 18.0 Å². The summed E-state index contributed by atoms with van der Waals surface area (Å²) in [6.07, 6.45) is 4.57. The first-order valence-corrected chi connectivity index (χ1v) is 10.8. The summed E-state index contributed by atoms with van der Waals surface area (Å²) in [6.45, 7) is 0.665. The molecule has 5 fully saturated rings. The third-order valence-corrected chi connectivity index (χ3v) is 8.06. The Bertz CT molecular complexity index is 758. The van der Waals surface area contributed by atoms with Crippen LogP contribution in [0.25, 0.3) is 0 Å². The highest BCUT2D eigenvalue weighted by molar-refractivity contribution is 5.84. The fraction of sp³-hybridized carbons (Fsp3) is 0.696. The zero-order valence-electron chi connectivity index (χ0n) is 16.4. The molecular weight excluding hydrogens is 358 g/mol. The lowest BCUT2D eigenvalue weighted by atomic mass is 9.38. The van der Waals surface area contributed by atoms with Crippen molar-refractivity contribution in [1.29, 1.82) is 0 Å². The van der Waals surface area contributed by atoms with Crippen LogP contribution < -0.4 is 10.6 Å². The molecule has 6 atom stereocenters. The Morgan fingerprint density at radius 3 is 2.71 bits per heavy atom. The molecular formula is C23H30F2N2O. The van der Waals surface area contributed by atoms with Crippen LogP contribution >= 0.6 is 0 Å². The molecule has 3 nitrogen and oxygen atoms in total. The number of alkyl halides is 2. The van der Waals surface area contributed by atoms with Gasteiger partial charge in [0.05, 0.1) is 18.1 Å². The smallest absolute Gasteiger partial charge is 0.226 e. The maximum Gasteiger partial charge on any atom is 0.226 e. The zero-order valence-corrected chi connectivity index (χ0v) is 16.4. The maximum absolute atomic E-state index is 14.4. The second-order valence-corrected chi connectivity index (χ2v) is 10.2. The van der Waals surface area contributed by atoms with Crippen molar-refractivity contribution >= 4 is 5.91 Å². The van der Waals surface area contributed by atoms with Crippen LogP contribution in [0, 0.1) is 16.7 Å². The first-order valence-electron chi connectivity index (χ1n) is 10.8. The molecule has 5 aliphatic rings. The lowest BCUT2D eigenvalue weighted by Crippen LogP contribution is -2.64. The van der Waals surface area contributed by atoms with E-state index in [4.69, 9.17) is 0 Å². The molecule has 1 aromatic rings. The van der Waals surface area contributed by atoms with Gasteiger partial charge in [0.2, 0.25) is 5.91 Å². The summed E-state index contributed by atoms with van der Waals surface area (Å²) in [5.74, 6) is 0.358. The molecule has 6 rings (SSSR count). The lowest BCUT2D eigenvalue weighted by molar-refractivity contribution is -0.166. The van der Waals surface area contributed by atoms with Gasteiger partial charge >= 0.3 is 0 Å². The molecule has 28 heavy (non-hydrogen) atoms. The highest BCUT2D eigenvalue weighted by Crippen LogP contribution is 2.70. The summed E-state index contributed by atoms with van der Waals surface area (Å²) >= 11 is 0. The Balaban J connectivity index is 1.48. The molecule has 4 aliphatic carbocycles. The van der Waals surface area contributed by atoms with Crippen molar-refractivity contribution in [2.75, 3.05) is 19.8 Å². The van der Waals surface area contributed by atoms with Crippen LogP contribution in [0.4, 0.5) is 8.78 Å². The van der Waals surface area contributed by atoms with Crippen molar-refractivity contribution in [2.45, 2.75) is 62.6 Å². The monoisotopic (exact) mass is 388 g/mol. The van der Waals surface area contributed by atoms with Gasteiger partial charge < -0.3 is 10.6 Å². The molecule has 0 aromatic heterocycles. The fourth-order valence-electron chi connectivity index (χ4n) is 7.46. The average Bonchev–Trinajstić information content (AvgIpc) is 2.69. The minimum Gasteiger partial charge on any atom is -0.350 e. The van der Waals surface area contributed by atoms with Gasteiger partial charge in [0, 0.05) is 12.0 Å². The molecule has 1 saturated heterocycles. The molecule has 152 valence electrons. The quantitative estimate of drug-likeness (QED) is 0.826. The highest BCUT2D eigenvalue weighted by atomic mass is 19.1. The minimum atomic E-state index is -1.05. The topological polar surface area (TPSA) is 41.1 Å². The molecule has 4 saturated carbocycles. The number of carbonyl (C=O) groups is 1. The second-order valence-electron chi connectivity index (χ2n) is 10.2. The van der Waals surface area contributed by atoms with Crippen LogP contribution in [0.2, 0.25) is 0 Å². The summed E-state index contributed by atoms with van der Waals surface area (Å²) in [5.41, 5.74) is 0.189. The number of piperidine rings is 1. The predicted octanol–water partition coefficient (Wildman–Crippen LogP) is 3.68. The van der Waals surface area contributed by atoms with Crippen LogP contribution in [-0.4, -0.2) is 37.9 Å². The molecule has 0 spiro atoms. The number of hydrogen-bond acceptors (Lipinski definition) is 2. The van der Waals surface area contributed by atoms with Crippen LogP contribution in [0.3, 0.4) is 0 Å². The molecule has 2 N–H and O–H groups in total. The van der Waals surface area contributed by atoms with E-state index < -0.39 is 23.0 Å². The largest absolute Gasteiger partial charge is 0.350 e. The van der Waals surface area contributed by atoms with E-state index in [0.717, 1.165) is 38.6 Å². The number of nitrogens with one attached hydrogen (secondary N) is 2. The Hall–Kier alpha value is -1.49. The van der Waals surface area contributed by atoms with Crippen molar-refractivity contribution in [2.24, 2.45) is 16.7 Å². The van der Waals surface area contributed by atoms with Crippen molar-refractivity contribution < 1.29 is 13.6 Å². The molecule has 4 bridgehead atoms. The van der Waals surface area contributed by atoms with Crippen LogP contribution in [0.5, 0.6) is 0 Å². The average molecular weight is 389 g/mol. The van der Waals surface area contributed by atoms with Gasteiger partial charge in [0.25, 0.3) is 0 Å². The summed E-state index contributed by atoms with van der Waals surface area (Å²) in [7, 11) is 0. The molecule has 2 unspecified atom stereocenters. The fourth-order valence-corrected chi connectivity index (χ4v) is 7.46. The van der Waals surface area contributed by atoms with E-state index >= 15 is 0 Å². The van der Waals surface area contributed by atoms with Crippen molar-refractivity contribution in [3.8, 4) is 0 Å². The van der Waals surface area contributed by atoms with Gasteiger partial charge in [-0.2, -0.15) is 0 Å². The molecule has 5 heteroatoms. The molecule has 1 aromatic carbocycles. The van der Waals surface area contributed by atoms with Crippen LogP contribution in [0.15, 0.2) is 30.3 Å². The van der Waals surface area contributed by atoms with E-state index in [9.17, 15) is 13.6 Å². The van der Waals surface area contributed by atoms with E-state index in [0.29, 0.717) is 25.3 Å². The van der Waals surface area contributed by atoms with Crippen LogP contribution in [-0.2, 0) is 10.2 Å². The first-order chi connectivity index (χ1) is 13.5. The van der Waals surface area contributed by atoms with Gasteiger partial charge in [-0.05, 0) is 68.4 Å². The summed E-state index contributed by atoms with van der Waals surface area (Å²) in [6, 6.07) is 9.98. The Morgan fingerprint density at radius 2 is 1.96 bits per heavy atom. The number of amides is 1. The van der Waals surface area contributed by atoms with E-state index in [1.807, 2.05) is 18.2 Å². The van der Waals surface area contributed by atoms with Gasteiger partial charge in [0.15, 0.2) is 0 Å².